The second-order valence-electron chi connectivity index (χ2n) is 4.71. The summed E-state index contributed by atoms with van der Waals surface area (Å²) in [6.07, 6.45) is 12.3. The van der Waals surface area contributed by atoms with Gasteiger partial charge in [0, 0.05) is 0 Å². The third kappa shape index (κ3) is 1.32. The third-order valence-electron chi connectivity index (χ3n) is 4.16. The lowest BCUT2D eigenvalue weighted by Crippen LogP contribution is -2.33. The molecule has 0 amide bonds. The molecule has 0 radical (unpaired) electrons. The quantitative estimate of drug-likeness (QED) is 0.536. The molecule has 0 aliphatic heterocycles. The van der Waals surface area contributed by atoms with E-state index in [1.165, 1.54) is 25.7 Å². The van der Waals surface area contributed by atoms with Crippen LogP contribution >= 0.6 is 0 Å². The van der Waals surface area contributed by atoms with Gasteiger partial charge in [-0.25, -0.2) is 0 Å². The van der Waals surface area contributed by atoms with Gasteiger partial charge in [0.15, 0.2) is 0 Å². The summed E-state index contributed by atoms with van der Waals surface area (Å²) in [5.74, 6) is 1.08. The highest BCUT2D eigenvalue weighted by molar-refractivity contribution is 4.91. The largest absolute Gasteiger partial charge is 0.0651 e. The summed E-state index contributed by atoms with van der Waals surface area (Å²) in [5.41, 5.74) is 0.881. The summed E-state index contributed by atoms with van der Waals surface area (Å²) in [7, 11) is 0. The monoisotopic (exact) mass is 152 g/mol. The minimum absolute atomic E-state index is 0.881. The fourth-order valence-electron chi connectivity index (χ4n) is 2.87. The van der Waals surface area contributed by atoms with Crippen LogP contribution in [0.4, 0.5) is 0 Å². The molecule has 2 fully saturated rings. The lowest BCUT2D eigenvalue weighted by Gasteiger charge is -2.47. The van der Waals surface area contributed by atoms with Gasteiger partial charge in [-0.1, -0.05) is 19.8 Å². The molecule has 0 atom stereocenters. The van der Waals surface area contributed by atoms with Crippen molar-refractivity contribution < 1.29 is 0 Å². The van der Waals surface area contributed by atoms with E-state index in [9.17, 15) is 0 Å². The van der Waals surface area contributed by atoms with E-state index >= 15 is 0 Å². The van der Waals surface area contributed by atoms with Crippen molar-refractivity contribution in [2.45, 2.75) is 58.3 Å². The van der Waals surface area contributed by atoms with Gasteiger partial charge in [0.25, 0.3) is 0 Å². The van der Waals surface area contributed by atoms with E-state index < -0.39 is 0 Å². The highest BCUT2D eigenvalue weighted by Gasteiger charge is 2.39. The SMILES string of the molecule is CCC1CCC2(CCC2)CC1. The summed E-state index contributed by atoms with van der Waals surface area (Å²) in [6, 6.07) is 0. The van der Waals surface area contributed by atoms with Gasteiger partial charge in [-0.3, -0.25) is 0 Å². The van der Waals surface area contributed by atoms with Gasteiger partial charge in [-0.15, -0.1) is 0 Å². The van der Waals surface area contributed by atoms with E-state index in [4.69, 9.17) is 0 Å². The molecule has 0 aromatic rings. The van der Waals surface area contributed by atoms with Crippen molar-refractivity contribution >= 4 is 0 Å². The van der Waals surface area contributed by atoms with Crippen molar-refractivity contribution in [3.63, 3.8) is 0 Å². The highest BCUT2D eigenvalue weighted by atomic mass is 14.4. The Hall–Kier alpha value is 0. The van der Waals surface area contributed by atoms with Gasteiger partial charge in [0.05, 0.1) is 0 Å². The van der Waals surface area contributed by atoms with Crippen LogP contribution in [0.5, 0.6) is 0 Å². The average Bonchev–Trinajstić information content (AvgIpc) is 2.02. The Morgan fingerprint density at radius 3 is 2.09 bits per heavy atom. The van der Waals surface area contributed by atoms with Gasteiger partial charge >= 0.3 is 0 Å². The Morgan fingerprint density at radius 2 is 1.73 bits per heavy atom. The first kappa shape index (κ1) is 7.64. The van der Waals surface area contributed by atoms with Crippen LogP contribution in [-0.2, 0) is 0 Å². The zero-order valence-electron chi connectivity index (χ0n) is 7.73. The van der Waals surface area contributed by atoms with Crippen LogP contribution in [0.15, 0.2) is 0 Å². The second-order valence-corrected chi connectivity index (χ2v) is 4.71. The maximum absolute atomic E-state index is 2.35. The maximum Gasteiger partial charge on any atom is -0.0297 e. The smallest absolute Gasteiger partial charge is 0.0297 e. The molecule has 0 nitrogen and oxygen atoms in total. The Morgan fingerprint density at radius 1 is 1.09 bits per heavy atom. The van der Waals surface area contributed by atoms with Crippen molar-refractivity contribution in [3.8, 4) is 0 Å². The summed E-state index contributed by atoms with van der Waals surface area (Å²) in [6.45, 7) is 2.35. The third-order valence-corrected chi connectivity index (χ3v) is 4.16. The Balaban J connectivity index is 1.84. The standard InChI is InChI=1S/C11H20/c1-2-10-4-8-11(9-5-10)6-3-7-11/h10H,2-9H2,1H3. The molecule has 0 saturated heterocycles. The minimum atomic E-state index is 0.881. The van der Waals surface area contributed by atoms with Gasteiger partial charge in [-0.2, -0.15) is 0 Å². The van der Waals surface area contributed by atoms with Gasteiger partial charge in [0.1, 0.15) is 0 Å². The van der Waals surface area contributed by atoms with Crippen LogP contribution < -0.4 is 0 Å². The second kappa shape index (κ2) is 2.80. The molecular formula is C11H20. The van der Waals surface area contributed by atoms with Crippen LogP contribution in [0.3, 0.4) is 0 Å². The van der Waals surface area contributed by atoms with Crippen LogP contribution in [0.2, 0.25) is 0 Å². The summed E-state index contributed by atoms with van der Waals surface area (Å²) in [4.78, 5) is 0. The molecule has 0 unspecified atom stereocenters. The zero-order chi connectivity index (χ0) is 7.73. The topological polar surface area (TPSA) is 0 Å². The molecule has 1 spiro atoms. The molecule has 0 heterocycles. The molecule has 2 aliphatic rings. The Kier molecular flexibility index (Phi) is 1.95. The first-order valence-electron chi connectivity index (χ1n) is 5.35. The van der Waals surface area contributed by atoms with Crippen molar-refractivity contribution in [2.75, 3.05) is 0 Å². The van der Waals surface area contributed by atoms with Crippen LogP contribution in [-0.4, -0.2) is 0 Å². The van der Waals surface area contributed by atoms with Crippen molar-refractivity contribution in [1.29, 1.82) is 0 Å². The molecule has 0 heteroatoms. The maximum atomic E-state index is 2.35. The predicted molar refractivity (Wildman–Crippen MR) is 48.5 cm³/mol. The lowest BCUT2D eigenvalue weighted by atomic mass is 9.59. The van der Waals surface area contributed by atoms with Crippen molar-refractivity contribution in [1.82, 2.24) is 0 Å². The first-order valence-corrected chi connectivity index (χ1v) is 5.35. The average molecular weight is 152 g/mol. The zero-order valence-corrected chi connectivity index (χ0v) is 7.73. The van der Waals surface area contributed by atoms with Crippen LogP contribution in [0.25, 0.3) is 0 Å². The summed E-state index contributed by atoms with van der Waals surface area (Å²) < 4.78 is 0. The Bertz CT molecular complexity index is 123. The van der Waals surface area contributed by atoms with E-state index in [0.717, 1.165) is 11.3 Å². The molecule has 0 bridgehead atoms. The van der Waals surface area contributed by atoms with Crippen molar-refractivity contribution in [2.24, 2.45) is 11.3 Å². The van der Waals surface area contributed by atoms with Gasteiger partial charge in [0.2, 0.25) is 0 Å². The summed E-state index contributed by atoms with van der Waals surface area (Å²) >= 11 is 0. The molecule has 2 saturated carbocycles. The molecule has 64 valence electrons. The highest BCUT2D eigenvalue weighted by Crippen LogP contribution is 2.52. The normalized spacial score (nSPS) is 30.3. The molecule has 0 aromatic heterocycles. The van der Waals surface area contributed by atoms with E-state index in [2.05, 4.69) is 6.92 Å². The molecular weight excluding hydrogens is 132 g/mol. The molecule has 0 aromatic carbocycles. The molecule has 2 rings (SSSR count). The van der Waals surface area contributed by atoms with Crippen LogP contribution in [0, 0.1) is 11.3 Å². The van der Waals surface area contributed by atoms with E-state index in [-0.39, 0.29) is 0 Å². The number of rotatable bonds is 1. The predicted octanol–water partition coefficient (Wildman–Crippen LogP) is 3.76. The van der Waals surface area contributed by atoms with Gasteiger partial charge in [-0.05, 0) is 49.9 Å². The van der Waals surface area contributed by atoms with Crippen LogP contribution in [0.1, 0.15) is 58.3 Å². The summed E-state index contributed by atoms with van der Waals surface area (Å²) in [5, 5.41) is 0. The fraction of sp³-hybridized carbons (Fsp3) is 1.00. The Labute approximate surface area is 70.4 Å². The minimum Gasteiger partial charge on any atom is -0.0651 e. The van der Waals surface area contributed by atoms with Crippen molar-refractivity contribution in [3.05, 3.63) is 0 Å². The van der Waals surface area contributed by atoms with E-state index in [1.807, 2.05) is 0 Å². The number of hydrogen-bond acceptors (Lipinski definition) is 0. The molecule has 11 heavy (non-hydrogen) atoms. The van der Waals surface area contributed by atoms with E-state index in [1.54, 1.807) is 25.7 Å². The fourth-order valence-corrected chi connectivity index (χ4v) is 2.87. The van der Waals surface area contributed by atoms with Gasteiger partial charge < -0.3 is 0 Å². The molecule has 2 aliphatic carbocycles. The first-order chi connectivity index (χ1) is 5.35. The lowest BCUT2D eigenvalue weighted by molar-refractivity contribution is 0.0547. The number of hydrogen-bond donors (Lipinski definition) is 0. The van der Waals surface area contributed by atoms with E-state index in [0.29, 0.717) is 0 Å². The molecule has 0 N–H and O–H groups in total.